The summed E-state index contributed by atoms with van der Waals surface area (Å²) in [6.45, 7) is 7.73. The molecule has 0 aliphatic carbocycles. The van der Waals surface area contributed by atoms with Gasteiger partial charge in [-0.15, -0.1) is 0 Å². The van der Waals surface area contributed by atoms with Gasteiger partial charge in [0, 0.05) is 6.54 Å². The van der Waals surface area contributed by atoms with Gasteiger partial charge in [-0.2, -0.15) is 5.10 Å². The zero-order chi connectivity index (χ0) is 11.3. The molecule has 3 heteroatoms. The number of aromatic nitrogens is 2. The summed E-state index contributed by atoms with van der Waals surface area (Å²) in [7, 11) is 0. The smallest absolute Gasteiger partial charge is 0.0758 e. The molecular formula is C12H21IN2. The van der Waals surface area contributed by atoms with E-state index in [1.807, 2.05) is 0 Å². The van der Waals surface area contributed by atoms with Gasteiger partial charge in [-0.05, 0) is 41.9 Å². The second kappa shape index (κ2) is 6.51. The van der Waals surface area contributed by atoms with E-state index in [2.05, 4.69) is 53.1 Å². The van der Waals surface area contributed by atoms with Gasteiger partial charge in [-0.3, -0.25) is 4.68 Å². The van der Waals surface area contributed by atoms with Crippen LogP contribution in [-0.4, -0.2) is 9.78 Å². The van der Waals surface area contributed by atoms with Gasteiger partial charge < -0.3 is 0 Å². The lowest BCUT2D eigenvalue weighted by Gasteiger charge is -2.05. The zero-order valence-electron chi connectivity index (χ0n) is 10.0. The van der Waals surface area contributed by atoms with Crippen LogP contribution in [0.25, 0.3) is 0 Å². The topological polar surface area (TPSA) is 17.8 Å². The summed E-state index contributed by atoms with van der Waals surface area (Å²) < 4.78 is 3.60. The third-order valence-corrected chi connectivity index (χ3v) is 3.95. The normalized spacial score (nSPS) is 10.9. The molecule has 0 fully saturated rings. The molecule has 0 saturated carbocycles. The molecule has 0 N–H and O–H groups in total. The van der Waals surface area contributed by atoms with Gasteiger partial charge in [0.15, 0.2) is 0 Å². The van der Waals surface area contributed by atoms with Crippen molar-refractivity contribution < 1.29 is 0 Å². The molecule has 86 valence electrons. The van der Waals surface area contributed by atoms with Crippen molar-refractivity contribution in [1.29, 1.82) is 0 Å². The van der Waals surface area contributed by atoms with Crippen molar-refractivity contribution in [2.45, 2.75) is 59.4 Å². The highest BCUT2D eigenvalue weighted by Crippen LogP contribution is 2.18. The molecule has 0 spiro atoms. The molecule has 0 bridgehead atoms. The monoisotopic (exact) mass is 320 g/mol. The fraction of sp³-hybridized carbons (Fsp3) is 0.750. The zero-order valence-corrected chi connectivity index (χ0v) is 12.2. The van der Waals surface area contributed by atoms with Crippen LogP contribution < -0.4 is 0 Å². The number of hydrogen-bond donors (Lipinski definition) is 0. The minimum atomic E-state index is 1.05. The van der Waals surface area contributed by atoms with Crippen molar-refractivity contribution in [2.75, 3.05) is 0 Å². The predicted octanol–water partition coefficient (Wildman–Crippen LogP) is 3.80. The largest absolute Gasteiger partial charge is 0.268 e. The first-order valence-corrected chi connectivity index (χ1v) is 7.06. The highest BCUT2D eigenvalue weighted by molar-refractivity contribution is 14.1. The van der Waals surface area contributed by atoms with Crippen molar-refractivity contribution in [3.05, 3.63) is 15.0 Å². The minimum absolute atomic E-state index is 1.05. The average molecular weight is 320 g/mol. The fourth-order valence-electron chi connectivity index (χ4n) is 1.79. The maximum atomic E-state index is 4.68. The molecule has 0 amide bonds. The van der Waals surface area contributed by atoms with Gasteiger partial charge in [0.05, 0.1) is 15.0 Å². The summed E-state index contributed by atoms with van der Waals surface area (Å²) >= 11 is 2.44. The number of unbranched alkanes of at least 4 members (excludes halogenated alkanes) is 2. The van der Waals surface area contributed by atoms with Crippen LogP contribution in [0.1, 0.15) is 51.4 Å². The van der Waals surface area contributed by atoms with Gasteiger partial charge in [-0.1, -0.05) is 33.6 Å². The Balaban J connectivity index is 2.77. The Morgan fingerprint density at radius 3 is 2.40 bits per heavy atom. The predicted molar refractivity (Wildman–Crippen MR) is 73.2 cm³/mol. The standard InChI is InChI=1S/C12H21IN2/c1-4-7-8-9-15-11(6-3)12(13)10(5-2)14-15/h4-9H2,1-3H3. The van der Waals surface area contributed by atoms with Gasteiger partial charge in [0.2, 0.25) is 0 Å². The molecule has 1 aromatic heterocycles. The maximum Gasteiger partial charge on any atom is 0.0758 e. The van der Waals surface area contributed by atoms with Gasteiger partial charge in [0.25, 0.3) is 0 Å². The van der Waals surface area contributed by atoms with Crippen LogP contribution in [0.2, 0.25) is 0 Å². The summed E-state index contributed by atoms with van der Waals surface area (Å²) in [5.74, 6) is 0. The van der Waals surface area contributed by atoms with Crippen LogP contribution in [0.5, 0.6) is 0 Å². The van der Waals surface area contributed by atoms with Crippen LogP contribution in [0.15, 0.2) is 0 Å². The highest BCUT2D eigenvalue weighted by Gasteiger charge is 2.11. The summed E-state index contributed by atoms with van der Waals surface area (Å²) in [6.07, 6.45) is 5.98. The number of aryl methyl sites for hydroxylation is 2. The first kappa shape index (κ1) is 13.0. The van der Waals surface area contributed by atoms with E-state index in [0.717, 1.165) is 19.4 Å². The quantitative estimate of drug-likeness (QED) is 0.576. The molecule has 0 aliphatic heterocycles. The first-order chi connectivity index (χ1) is 7.24. The molecule has 0 radical (unpaired) electrons. The summed E-state index contributed by atoms with van der Waals surface area (Å²) in [5.41, 5.74) is 2.69. The van der Waals surface area contributed by atoms with Crippen LogP contribution >= 0.6 is 22.6 Å². The Morgan fingerprint density at radius 2 is 1.87 bits per heavy atom. The van der Waals surface area contributed by atoms with E-state index in [4.69, 9.17) is 0 Å². The first-order valence-electron chi connectivity index (χ1n) is 5.98. The average Bonchev–Trinajstić information content (AvgIpc) is 2.55. The second-order valence-electron chi connectivity index (χ2n) is 3.84. The molecule has 1 aromatic rings. The lowest BCUT2D eigenvalue weighted by atomic mass is 10.2. The Kier molecular flexibility index (Phi) is 5.64. The Bertz CT molecular complexity index is 305. The van der Waals surface area contributed by atoms with Gasteiger partial charge in [-0.25, -0.2) is 0 Å². The number of rotatable bonds is 6. The van der Waals surface area contributed by atoms with Gasteiger partial charge in [0.1, 0.15) is 0 Å². The second-order valence-corrected chi connectivity index (χ2v) is 4.92. The molecular weight excluding hydrogens is 299 g/mol. The number of nitrogens with zero attached hydrogens (tertiary/aromatic N) is 2. The Hall–Kier alpha value is -0.0600. The highest BCUT2D eigenvalue weighted by atomic mass is 127. The van der Waals surface area contributed by atoms with E-state index in [0.29, 0.717) is 0 Å². The molecule has 0 aliphatic rings. The molecule has 1 rings (SSSR count). The lowest BCUT2D eigenvalue weighted by molar-refractivity contribution is 0.531. The summed E-state index contributed by atoms with van der Waals surface area (Å²) in [4.78, 5) is 0. The summed E-state index contributed by atoms with van der Waals surface area (Å²) in [5, 5.41) is 4.68. The van der Waals surface area contributed by atoms with E-state index in [1.165, 1.54) is 34.2 Å². The summed E-state index contributed by atoms with van der Waals surface area (Å²) in [6, 6.07) is 0. The van der Waals surface area contributed by atoms with E-state index >= 15 is 0 Å². The molecule has 15 heavy (non-hydrogen) atoms. The van der Waals surface area contributed by atoms with Gasteiger partial charge >= 0.3 is 0 Å². The van der Waals surface area contributed by atoms with Crippen molar-refractivity contribution >= 4 is 22.6 Å². The molecule has 0 aromatic carbocycles. The SMILES string of the molecule is CCCCCn1nc(CC)c(I)c1CC. The maximum absolute atomic E-state index is 4.68. The van der Waals surface area contributed by atoms with Crippen molar-refractivity contribution in [3.63, 3.8) is 0 Å². The molecule has 0 saturated heterocycles. The van der Waals surface area contributed by atoms with Crippen LogP contribution in [0.3, 0.4) is 0 Å². The fourth-order valence-corrected chi connectivity index (χ4v) is 2.94. The molecule has 2 nitrogen and oxygen atoms in total. The third kappa shape index (κ3) is 3.20. The molecule has 1 heterocycles. The van der Waals surface area contributed by atoms with Crippen LogP contribution in [0, 0.1) is 3.57 Å². The third-order valence-electron chi connectivity index (χ3n) is 2.70. The number of halogens is 1. The Morgan fingerprint density at radius 1 is 1.13 bits per heavy atom. The van der Waals surface area contributed by atoms with Crippen molar-refractivity contribution in [3.8, 4) is 0 Å². The van der Waals surface area contributed by atoms with E-state index in [-0.39, 0.29) is 0 Å². The Labute approximate surface area is 107 Å². The van der Waals surface area contributed by atoms with E-state index in [1.54, 1.807) is 0 Å². The molecule has 0 unspecified atom stereocenters. The van der Waals surface area contributed by atoms with Crippen molar-refractivity contribution in [1.82, 2.24) is 9.78 Å². The van der Waals surface area contributed by atoms with Crippen molar-refractivity contribution in [2.24, 2.45) is 0 Å². The van der Waals surface area contributed by atoms with Crippen LogP contribution in [0.4, 0.5) is 0 Å². The number of hydrogen-bond acceptors (Lipinski definition) is 1. The van der Waals surface area contributed by atoms with E-state index in [9.17, 15) is 0 Å². The lowest BCUT2D eigenvalue weighted by Crippen LogP contribution is -2.05. The molecule has 0 atom stereocenters. The minimum Gasteiger partial charge on any atom is -0.268 e. The van der Waals surface area contributed by atoms with E-state index < -0.39 is 0 Å². The van der Waals surface area contributed by atoms with Crippen LogP contribution in [-0.2, 0) is 19.4 Å².